The minimum absolute atomic E-state index is 0.000766. The topological polar surface area (TPSA) is 92.1 Å². The minimum atomic E-state index is -0.444. The van der Waals surface area contributed by atoms with Gasteiger partial charge in [-0.25, -0.2) is 9.67 Å². The summed E-state index contributed by atoms with van der Waals surface area (Å²) >= 11 is 6.26. The number of hydrogen-bond donors (Lipinski definition) is 3. The zero-order valence-corrected chi connectivity index (χ0v) is 15.0. The normalized spacial score (nSPS) is 20.2. The lowest BCUT2D eigenvalue weighted by molar-refractivity contribution is 0.0917. The molecule has 3 N–H and O–H groups in total. The molecule has 2 atom stereocenters. The molecule has 0 spiro atoms. The molecule has 1 fully saturated rings. The van der Waals surface area contributed by atoms with E-state index < -0.39 is 6.10 Å². The number of benzene rings is 1. The van der Waals surface area contributed by atoms with Gasteiger partial charge in [-0.15, -0.1) is 5.10 Å². The fourth-order valence-electron chi connectivity index (χ4n) is 2.83. The van der Waals surface area contributed by atoms with Gasteiger partial charge in [0.15, 0.2) is 0 Å². The summed E-state index contributed by atoms with van der Waals surface area (Å²) in [7, 11) is 0. The number of nitrogens with one attached hydrogen (secondary N) is 2. The number of para-hydroxylation sites is 1. The Kier molecular flexibility index (Phi) is 5.36. The van der Waals surface area contributed by atoms with Crippen LogP contribution in [0.15, 0.2) is 24.3 Å². The maximum absolute atomic E-state index is 12.4. The number of aliphatic hydroxyl groups excluding tert-OH is 1. The number of aliphatic hydroxyl groups is 1. The third-order valence-electron chi connectivity index (χ3n) is 4.26. The molecular formula is C17H22ClN5O2. The number of hydrogen-bond acceptors (Lipinski definition) is 5. The second kappa shape index (κ2) is 7.51. The van der Waals surface area contributed by atoms with Gasteiger partial charge in [-0.1, -0.05) is 37.6 Å². The SMILES string of the molecule is CC(C)c1nc(C(=O)NCC2CNCC2O)nn1-c1ccccc1Cl. The molecule has 2 aromatic rings. The molecule has 3 rings (SSSR count). The van der Waals surface area contributed by atoms with Crippen molar-refractivity contribution in [2.45, 2.75) is 25.9 Å². The monoisotopic (exact) mass is 363 g/mol. The van der Waals surface area contributed by atoms with Crippen LogP contribution in [0.3, 0.4) is 0 Å². The molecule has 2 unspecified atom stereocenters. The molecule has 1 amide bonds. The number of rotatable bonds is 5. The Hall–Kier alpha value is -1.96. The van der Waals surface area contributed by atoms with Crippen molar-refractivity contribution in [1.82, 2.24) is 25.4 Å². The number of β-amino-alcohol motifs (C(OH)–C–C–N with tert-alkyl or cyclic N) is 1. The first-order valence-corrected chi connectivity index (χ1v) is 8.74. The molecule has 0 saturated carbocycles. The fourth-order valence-corrected chi connectivity index (χ4v) is 3.04. The second-order valence-corrected chi connectivity index (χ2v) is 6.91. The van der Waals surface area contributed by atoms with E-state index in [-0.39, 0.29) is 23.6 Å². The van der Waals surface area contributed by atoms with Crippen LogP contribution in [0.2, 0.25) is 5.02 Å². The van der Waals surface area contributed by atoms with Crippen molar-refractivity contribution in [1.29, 1.82) is 0 Å². The minimum Gasteiger partial charge on any atom is -0.391 e. The molecule has 0 aliphatic carbocycles. The Balaban J connectivity index is 1.81. The Labute approximate surface area is 151 Å². The van der Waals surface area contributed by atoms with Gasteiger partial charge in [0.2, 0.25) is 5.82 Å². The van der Waals surface area contributed by atoms with E-state index in [0.717, 1.165) is 0 Å². The first-order chi connectivity index (χ1) is 12.0. The number of carbonyl (C=O) groups is 1. The molecule has 1 saturated heterocycles. The van der Waals surface area contributed by atoms with Gasteiger partial charge in [-0.2, -0.15) is 0 Å². The molecule has 7 nitrogen and oxygen atoms in total. The average molecular weight is 364 g/mol. The largest absolute Gasteiger partial charge is 0.391 e. The van der Waals surface area contributed by atoms with Crippen LogP contribution < -0.4 is 10.6 Å². The Morgan fingerprint density at radius 1 is 1.44 bits per heavy atom. The van der Waals surface area contributed by atoms with Crippen molar-refractivity contribution in [3.05, 3.63) is 40.9 Å². The molecule has 2 heterocycles. The standard InChI is InChI=1S/C17H22ClN5O2/c1-10(2)16-21-15(17(25)20-8-11-7-19-9-14(11)24)22-23(16)13-6-4-3-5-12(13)18/h3-6,10-11,14,19,24H,7-9H2,1-2H3,(H,20,25). The summed E-state index contributed by atoms with van der Waals surface area (Å²) < 4.78 is 1.62. The van der Waals surface area contributed by atoms with E-state index in [4.69, 9.17) is 11.6 Å². The first-order valence-electron chi connectivity index (χ1n) is 8.36. The molecule has 25 heavy (non-hydrogen) atoms. The summed E-state index contributed by atoms with van der Waals surface area (Å²) in [5, 5.41) is 20.6. The molecule has 0 bridgehead atoms. The van der Waals surface area contributed by atoms with E-state index in [9.17, 15) is 9.90 Å². The maximum Gasteiger partial charge on any atom is 0.290 e. The third kappa shape index (κ3) is 3.84. The molecule has 8 heteroatoms. The van der Waals surface area contributed by atoms with Crippen LogP contribution in [0, 0.1) is 5.92 Å². The van der Waals surface area contributed by atoms with Gasteiger partial charge in [0.05, 0.1) is 16.8 Å². The van der Waals surface area contributed by atoms with Crippen LogP contribution in [0.1, 0.15) is 36.2 Å². The average Bonchev–Trinajstić information content (AvgIpc) is 3.19. The van der Waals surface area contributed by atoms with Gasteiger partial charge in [-0.05, 0) is 12.1 Å². The van der Waals surface area contributed by atoms with E-state index in [1.807, 2.05) is 32.0 Å². The highest BCUT2D eigenvalue weighted by Gasteiger charge is 2.26. The lowest BCUT2D eigenvalue weighted by atomic mass is 10.1. The van der Waals surface area contributed by atoms with Crippen LogP contribution in [0.25, 0.3) is 5.69 Å². The zero-order chi connectivity index (χ0) is 18.0. The van der Waals surface area contributed by atoms with Gasteiger partial charge in [0.25, 0.3) is 5.91 Å². The van der Waals surface area contributed by atoms with Gasteiger partial charge in [-0.3, -0.25) is 4.79 Å². The number of halogens is 1. The van der Waals surface area contributed by atoms with E-state index >= 15 is 0 Å². The molecule has 1 aliphatic rings. The maximum atomic E-state index is 12.4. The van der Waals surface area contributed by atoms with Gasteiger partial charge in [0, 0.05) is 31.5 Å². The van der Waals surface area contributed by atoms with Gasteiger partial charge >= 0.3 is 0 Å². The van der Waals surface area contributed by atoms with Crippen molar-refractivity contribution < 1.29 is 9.90 Å². The molecule has 1 aliphatic heterocycles. The molecule has 134 valence electrons. The van der Waals surface area contributed by atoms with Crippen molar-refractivity contribution >= 4 is 17.5 Å². The van der Waals surface area contributed by atoms with Crippen molar-refractivity contribution in [3.8, 4) is 5.69 Å². The Morgan fingerprint density at radius 2 is 2.20 bits per heavy atom. The van der Waals surface area contributed by atoms with E-state index in [0.29, 0.717) is 36.2 Å². The lowest BCUT2D eigenvalue weighted by Gasteiger charge is -2.12. The first kappa shape index (κ1) is 17.8. The van der Waals surface area contributed by atoms with Crippen LogP contribution in [-0.4, -0.2) is 51.5 Å². The Bertz CT molecular complexity index is 761. The van der Waals surface area contributed by atoms with Crippen molar-refractivity contribution in [2.24, 2.45) is 5.92 Å². The number of nitrogens with zero attached hydrogens (tertiary/aromatic N) is 3. The van der Waals surface area contributed by atoms with Gasteiger partial charge in [0.1, 0.15) is 5.82 Å². The quantitative estimate of drug-likeness (QED) is 0.746. The highest BCUT2D eigenvalue weighted by molar-refractivity contribution is 6.32. The summed E-state index contributed by atoms with van der Waals surface area (Å²) in [6.07, 6.45) is -0.444. The molecule has 0 radical (unpaired) electrons. The van der Waals surface area contributed by atoms with Crippen LogP contribution in [0.5, 0.6) is 0 Å². The highest BCUT2D eigenvalue weighted by Crippen LogP contribution is 2.23. The number of carbonyl (C=O) groups excluding carboxylic acids is 1. The lowest BCUT2D eigenvalue weighted by Crippen LogP contribution is -2.34. The summed E-state index contributed by atoms with van der Waals surface area (Å²) in [5.74, 6) is 0.488. The smallest absolute Gasteiger partial charge is 0.290 e. The van der Waals surface area contributed by atoms with E-state index in [2.05, 4.69) is 20.7 Å². The predicted molar refractivity (Wildman–Crippen MR) is 95.2 cm³/mol. The molecule has 1 aromatic carbocycles. The van der Waals surface area contributed by atoms with Crippen molar-refractivity contribution in [3.63, 3.8) is 0 Å². The third-order valence-corrected chi connectivity index (χ3v) is 4.58. The summed E-state index contributed by atoms with van der Waals surface area (Å²) in [4.78, 5) is 16.8. The summed E-state index contributed by atoms with van der Waals surface area (Å²) in [6.45, 7) is 5.58. The van der Waals surface area contributed by atoms with Gasteiger partial charge < -0.3 is 15.7 Å². The van der Waals surface area contributed by atoms with Crippen LogP contribution >= 0.6 is 11.6 Å². The number of amides is 1. The Morgan fingerprint density at radius 3 is 2.84 bits per heavy atom. The van der Waals surface area contributed by atoms with E-state index in [1.54, 1.807) is 10.7 Å². The summed E-state index contributed by atoms with van der Waals surface area (Å²) in [6, 6.07) is 7.32. The predicted octanol–water partition coefficient (Wildman–Crippen LogP) is 1.35. The molecule has 1 aromatic heterocycles. The molecular weight excluding hydrogens is 342 g/mol. The zero-order valence-electron chi connectivity index (χ0n) is 14.2. The van der Waals surface area contributed by atoms with Crippen LogP contribution in [-0.2, 0) is 0 Å². The second-order valence-electron chi connectivity index (χ2n) is 6.51. The number of aromatic nitrogens is 3. The van der Waals surface area contributed by atoms with Crippen LogP contribution in [0.4, 0.5) is 0 Å². The highest BCUT2D eigenvalue weighted by atomic mass is 35.5. The van der Waals surface area contributed by atoms with E-state index in [1.165, 1.54) is 0 Å². The fraction of sp³-hybridized carbons (Fsp3) is 0.471. The van der Waals surface area contributed by atoms with Crippen molar-refractivity contribution in [2.75, 3.05) is 19.6 Å². The summed E-state index contributed by atoms with van der Waals surface area (Å²) in [5.41, 5.74) is 0.690.